The van der Waals surface area contributed by atoms with E-state index in [1.54, 1.807) is 19.9 Å². The fraction of sp³-hybridized carbons (Fsp3) is 0.550. The minimum Gasteiger partial charge on any atom is -0.458 e. The first-order valence-electron chi connectivity index (χ1n) is 8.88. The topological polar surface area (TPSA) is 89.9 Å². The summed E-state index contributed by atoms with van der Waals surface area (Å²) in [5, 5.41) is 9.12. The molecule has 0 aromatic rings. The highest BCUT2D eigenvalue weighted by Crippen LogP contribution is 2.44. The summed E-state index contributed by atoms with van der Waals surface area (Å²) in [7, 11) is 0. The van der Waals surface area contributed by atoms with Crippen molar-refractivity contribution < 1.29 is 29.0 Å². The number of aliphatic hydroxyl groups is 1. The fourth-order valence-corrected chi connectivity index (χ4v) is 3.63. The number of carbonyl (C=O) groups is 3. The lowest BCUT2D eigenvalue weighted by Gasteiger charge is -2.37. The van der Waals surface area contributed by atoms with Crippen LogP contribution in [0.2, 0.25) is 0 Å². The summed E-state index contributed by atoms with van der Waals surface area (Å²) < 4.78 is 11.1. The standard InChI is InChI=1S/C20H26O6/c1-5-11(2)19(23)26-18-16(12(3)7-6-8-21)14(10-22)9-15-17(18)13(4)20(24)25-15/h5,10,12,15,17-18,21H,4,6-9H2,1-3H3/b11-5-/t12-,15+,17+,18+/m0/s1. The lowest BCUT2D eigenvalue weighted by molar-refractivity contribution is -0.147. The van der Waals surface area contributed by atoms with Gasteiger partial charge in [-0.2, -0.15) is 0 Å². The monoisotopic (exact) mass is 362 g/mol. The molecule has 0 aromatic heterocycles. The van der Waals surface area contributed by atoms with E-state index in [9.17, 15) is 14.4 Å². The molecular weight excluding hydrogens is 336 g/mol. The molecule has 6 heteroatoms. The largest absolute Gasteiger partial charge is 0.458 e. The Bertz CT molecular complexity index is 672. The van der Waals surface area contributed by atoms with Gasteiger partial charge in [-0.05, 0) is 43.8 Å². The molecule has 1 fully saturated rings. The third kappa shape index (κ3) is 3.80. The summed E-state index contributed by atoms with van der Waals surface area (Å²) in [5.41, 5.74) is 1.90. The minimum atomic E-state index is -0.774. The molecule has 0 spiro atoms. The van der Waals surface area contributed by atoms with Gasteiger partial charge < -0.3 is 14.6 Å². The Kier molecular flexibility index (Phi) is 6.53. The lowest BCUT2D eigenvalue weighted by Crippen LogP contribution is -2.41. The number of carbonyl (C=O) groups excluding carboxylic acids is 3. The van der Waals surface area contributed by atoms with Crippen LogP contribution in [0.1, 0.15) is 40.0 Å². The average molecular weight is 362 g/mol. The summed E-state index contributed by atoms with van der Waals surface area (Å²) in [6.45, 7) is 9.17. The Morgan fingerprint density at radius 2 is 2.19 bits per heavy atom. The summed E-state index contributed by atoms with van der Waals surface area (Å²) in [4.78, 5) is 36.1. The zero-order valence-corrected chi connectivity index (χ0v) is 15.5. The van der Waals surface area contributed by atoms with E-state index in [2.05, 4.69) is 6.58 Å². The summed E-state index contributed by atoms with van der Waals surface area (Å²) in [6.07, 6.45) is 2.56. The van der Waals surface area contributed by atoms with E-state index in [-0.39, 0.29) is 24.5 Å². The van der Waals surface area contributed by atoms with Gasteiger partial charge in [-0.1, -0.05) is 19.6 Å². The summed E-state index contributed by atoms with van der Waals surface area (Å²) in [6, 6.07) is 0. The maximum atomic E-state index is 12.4. The van der Waals surface area contributed by atoms with E-state index < -0.39 is 30.1 Å². The maximum absolute atomic E-state index is 12.4. The second kappa shape index (κ2) is 8.45. The number of esters is 2. The van der Waals surface area contributed by atoms with Crippen molar-refractivity contribution in [2.75, 3.05) is 6.61 Å². The molecule has 0 bridgehead atoms. The Balaban J connectivity index is 2.46. The van der Waals surface area contributed by atoms with Gasteiger partial charge in [-0.25, -0.2) is 9.59 Å². The molecule has 1 heterocycles. The van der Waals surface area contributed by atoms with Gasteiger partial charge in [0.1, 0.15) is 18.5 Å². The number of ether oxygens (including phenoxy) is 2. The number of hydrogen-bond donors (Lipinski definition) is 1. The van der Waals surface area contributed by atoms with Crippen LogP contribution in [0.15, 0.2) is 34.9 Å². The SMILES string of the molecule is C=C1C(=O)O[C@@H]2CC(C=O)=C([C@@H](C)CCCO)[C@@H](OC(=O)/C(C)=C\C)[C@H]12. The number of rotatable bonds is 7. The number of allylic oxidation sites excluding steroid dienone is 1. The Morgan fingerprint density at radius 1 is 1.50 bits per heavy atom. The van der Waals surface area contributed by atoms with Crippen molar-refractivity contribution >= 4 is 18.2 Å². The third-order valence-electron chi connectivity index (χ3n) is 5.21. The molecule has 1 aliphatic carbocycles. The first kappa shape index (κ1) is 20.1. The van der Waals surface area contributed by atoms with Gasteiger partial charge in [0.25, 0.3) is 0 Å². The highest BCUT2D eigenvalue weighted by Gasteiger charge is 2.50. The van der Waals surface area contributed by atoms with Gasteiger partial charge >= 0.3 is 11.9 Å². The molecule has 1 aliphatic heterocycles. The predicted molar refractivity (Wildman–Crippen MR) is 95.0 cm³/mol. The van der Waals surface area contributed by atoms with E-state index >= 15 is 0 Å². The van der Waals surface area contributed by atoms with Crippen molar-refractivity contribution in [3.05, 3.63) is 34.9 Å². The molecule has 0 aromatic carbocycles. The molecule has 6 nitrogen and oxygen atoms in total. The first-order chi connectivity index (χ1) is 12.3. The molecule has 26 heavy (non-hydrogen) atoms. The van der Waals surface area contributed by atoms with Crippen LogP contribution in [0.3, 0.4) is 0 Å². The smallest absolute Gasteiger partial charge is 0.334 e. The zero-order chi connectivity index (χ0) is 19.4. The predicted octanol–water partition coefficient (Wildman–Crippen LogP) is 2.27. The van der Waals surface area contributed by atoms with Crippen LogP contribution in [0.5, 0.6) is 0 Å². The van der Waals surface area contributed by atoms with E-state index in [0.717, 1.165) is 6.29 Å². The quantitative estimate of drug-likeness (QED) is 0.424. The van der Waals surface area contributed by atoms with Crippen molar-refractivity contribution in [2.24, 2.45) is 11.8 Å². The van der Waals surface area contributed by atoms with Gasteiger partial charge in [0.2, 0.25) is 0 Å². The normalized spacial score (nSPS) is 27.1. The Hall–Kier alpha value is -2.21. The second-order valence-corrected chi connectivity index (χ2v) is 6.86. The van der Waals surface area contributed by atoms with Gasteiger partial charge in [0.05, 0.1) is 5.92 Å². The van der Waals surface area contributed by atoms with Crippen LogP contribution in [-0.2, 0) is 23.9 Å². The maximum Gasteiger partial charge on any atom is 0.334 e. The molecular formula is C20H26O6. The molecule has 1 saturated heterocycles. The third-order valence-corrected chi connectivity index (χ3v) is 5.21. The van der Waals surface area contributed by atoms with E-state index in [0.29, 0.717) is 29.6 Å². The van der Waals surface area contributed by atoms with Crippen LogP contribution < -0.4 is 0 Å². The summed E-state index contributed by atoms with van der Waals surface area (Å²) in [5.74, 6) is -1.59. The molecule has 0 radical (unpaired) electrons. The number of aldehydes is 1. The van der Waals surface area contributed by atoms with Crippen molar-refractivity contribution in [1.82, 2.24) is 0 Å². The molecule has 1 N–H and O–H groups in total. The van der Waals surface area contributed by atoms with Crippen molar-refractivity contribution in [3.63, 3.8) is 0 Å². The molecule has 0 unspecified atom stereocenters. The van der Waals surface area contributed by atoms with E-state index in [4.69, 9.17) is 14.6 Å². The molecule has 2 aliphatic rings. The van der Waals surface area contributed by atoms with Crippen LogP contribution >= 0.6 is 0 Å². The molecule has 142 valence electrons. The zero-order valence-electron chi connectivity index (χ0n) is 15.5. The van der Waals surface area contributed by atoms with Crippen LogP contribution in [0.25, 0.3) is 0 Å². The minimum absolute atomic E-state index is 0.0382. The highest BCUT2D eigenvalue weighted by molar-refractivity contribution is 5.93. The molecule has 4 atom stereocenters. The van der Waals surface area contributed by atoms with Crippen LogP contribution in [-0.4, -0.2) is 42.1 Å². The van der Waals surface area contributed by atoms with Gasteiger partial charge in [0, 0.05) is 24.2 Å². The van der Waals surface area contributed by atoms with Crippen molar-refractivity contribution in [2.45, 2.75) is 52.2 Å². The highest BCUT2D eigenvalue weighted by atomic mass is 16.6. The van der Waals surface area contributed by atoms with Gasteiger partial charge in [-0.3, -0.25) is 4.79 Å². The first-order valence-corrected chi connectivity index (χ1v) is 8.88. The number of aliphatic hydroxyl groups excluding tert-OH is 1. The fourth-order valence-electron chi connectivity index (χ4n) is 3.63. The molecule has 0 saturated carbocycles. The van der Waals surface area contributed by atoms with E-state index in [1.807, 2.05) is 6.92 Å². The molecule has 0 amide bonds. The van der Waals surface area contributed by atoms with Gasteiger partial charge in [-0.15, -0.1) is 0 Å². The van der Waals surface area contributed by atoms with Crippen LogP contribution in [0.4, 0.5) is 0 Å². The lowest BCUT2D eigenvalue weighted by atomic mass is 9.73. The molecule has 2 rings (SSSR count). The summed E-state index contributed by atoms with van der Waals surface area (Å²) >= 11 is 0. The Morgan fingerprint density at radius 3 is 2.77 bits per heavy atom. The van der Waals surface area contributed by atoms with Gasteiger partial charge in [0.15, 0.2) is 0 Å². The number of hydrogen-bond acceptors (Lipinski definition) is 6. The average Bonchev–Trinajstić information content (AvgIpc) is 2.92. The van der Waals surface area contributed by atoms with Crippen LogP contribution in [0, 0.1) is 11.8 Å². The van der Waals surface area contributed by atoms with E-state index in [1.165, 1.54) is 0 Å². The Labute approximate surface area is 153 Å². The van der Waals surface area contributed by atoms with Crippen molar-refractivity contribution in [1.29, 1.82) is 0 Å². The number of fused-ring (bicyclic) bond motifs is 1. The second-order valence-electron chi connectivity index (χ2n) is 6.86. The van der Waals surface area contributed by atoms with Crippen molar-refractivity contribution in [3.8, 4) is 0 Å².